The Morgan fingerprint density at radius 2 is 1.74 bits per heavy atom. The summed E-state index contributed by atoms with van der Waals surface area (Å²) in [6.45, 7) is 0.167. The Morgan fingerprint density at radius 3 is 2.44 bits per heavy atom. The Kier molecular flexibility index (Phi) is 7.09. The van der Waals surface area contributed by atoms with Gasteiger partial charge in [0.2, 0.25) is 15.9 Å². The van der Waals surface area contributed by atoms with Crippen molar-refractivity contribution in [1.29, 1.82) is 0 Å². The van der Waals surface area contributed by atoms with Gasteiger partial charge in [-0.2, -0.15) is 4.31 Å². The number of esters is 2. The van der Waals surface area contributed by atoms with Crippen molar-refractivity contribution in [3.05, 3.63) is 72.2 Å². The summed E-state index contributed by atoms with van der Waals surface area (Å²) in [6, 6.07) is 15.4. The van der Waals surface area contributed by atoms with Crippen LogP contribution in [0.2, 0.25) is 0 Å². The van der Waals surface area contributed by atoms with E-state index in [4.69, 9.17) is 13.9 Å². The average Bonchev–Trinajstić information content (AvgIpc) is 3.36. The summed E-state index contributed by atoms with van der Waals surface area (Å²) in [4.78, 5) is 28.6. The van der Waals surface area contributed by atoms with Crippen LogP contribution in [0.15, 0.2) is 70.1 Å². The average molecular weight is 485 g/mol. The van der Waals surface area contributed by atoms with Crippen molar-refractivity contribution < 1.29 is 31.9 Å². The van der Waals surface area contributed by atoms with Crippen molar-refractivity contribution in [3.63, 3.8) is 0 Å². The second-order valence-corrected chi connectivity index (χ2v) is 9.66. The number of piperidine rings is 1. The zero-order valence-corrected chi connectivity index (χ0v) is 19.4. The number of methoxy groups -OCH3 is 1. The lowest BCUT2D eigenvalue weighted by Gasteiger charge is -2.30. The van der Waals surface area contributed by atoms with Gasteiger partial charge in [-0.3, -0.25) is 4.79 Å². The number of ether oxygens (including phenoxy) is 2. The molecule has 2 heterocycles. The quantitative estimate of drug-likeness (QED) is 0.469. The number of carbonyl (C=O) groups is 2. The number of benzene rings is 2. The van der Waals surface area contributed by atoms with E-state index in [0.717, 1.165) is 5.56 Å². The van der Waals surface area contributed by atoms with Crippen LogP contribution in [-0.2, 0) is 30.9 Å². The van der Waals surface area contributed by atoms with E-state index in [9.17, 15) is 18.0 Å². The van der Waals surface area contributed by atoms with Gasteiger partial charge in [-0.1, -0.05) is 42.5 Å². The normalized spacial score (nSPS) is 15.1. The molecule has 3 aromatic rings. The van der Waals surface area contributed by atoms with Gasteiger partial charge in [0.1, 0.15) is 0 Å². The molecule has 9 nitrogen and oxygen atoms in total. The Balaban J connectivity index is 1.34. The number of aromatic nitrogens is 1. The SMILES string of the molecule is COC(=O)c1ccccc1S(=O)(=O)N1CCC(C(=O)OCc2ncc(-c3ccccc3)o2)CC1. The van der Waals surface area contributed by atoms with Gasteiger partial charge in [0.15, 0.2) is 12.4 Å². The Hall–Kier alpha value is -3.50. The highest BCUT2D eigenvalue weighted by atomic mass is 32.2. The number of nitrogens with zero attached hydrogens (tertiary/aromatic N) is 2. The van der Waals surface area contributed by atoms with Gasteiger partial charge >= 0.3 is 11.9 Å². The first kappa shape index (κ1) is 23.7. The zero-order valence-electron chi connectivity index (χ0n) is 18.5. The highest BCUT2D eigenvalue weighted by Crippen LogP contribution is 2.27. The number of hydrogen-bond donors (Lipinski definition) is 0. The summed E-state index contributed by atoms with van der Waals surface area (Å²) >= 11 is 0. The Labute approximate surface area is 197 Å². The zero-order chi connectivity index (χ0) is 24.1. The first-order chi connectivity index (χ1) is 16.4. The van der Waals surface area contributed by atoms with Gasteiger partial charge in [0.05, 0.1) is 29.7 Å². The maximum atomic E-state index is 13.1. The van der Waals surface area contributed by atoms with Gasteiger partial charge in [0.25, 0.3) is 0 Å². The highest BCUT2D eigenvalue weighted by molar-refractivity contribution is 7.89. The molecule has 10 heteroatoms. The summed E-state index contributed by atoms with van der Waals surface area (Å²) in [5, 5.41) is 0. The molecule has 0 spiro atoms. The molecule has 0 N–H and O–H groups in total. The molecule has 0 unspecified atom stereocenters. The van der Waals surface area contributed by atoms with Crippen molar-refractivity contribution in [2.24, 2.45) is 5.92 Å². The summed E-state index contributed by atoms with van der Waals surface area (Å²) in [5.74, 6) is -0.721. The first-order valence-electron chi connectivity index (χ1n) is 10.7. The van der Waals surface area contributed by atoms with E-state index in [1.807, 2.05) is 30.3 Å². The van der Waals surface area contributed by atoms with Crippen molar-refractivity contribution >= 4 is 22.0 Å². The van der Waals surface area contributed by atoms with E-state index in [2.05, 4.69) is 4.98 Å². The highest BCUT2D eigenvalue weighted by Gasteiger charge is 2.35. The van der Waals surface area contributed by atoms with Crippen LogP contribution >= 0.6 is 0 Å². The van der Waals surface area contributed by atoms with Gasteiger partial charge in [-0.15, -0.1) is 0 Å². The third kappa shape index (κ3) is 5.02. The van der Waals surface area contributed by atoms with Gasteiger partial charge < -0.3 is 13.9 Å². The summed E-state index contributed by atoms with van der Waals surface area (Å²) in [5.41, 5.74) is 0.849. The second-order valence-electron chi connectivity index (χ2n) is 7.76. The van der Waals surface area contributed by atoms with Crippen molar-refractivity contribution in [2.75, 3.05) is 20.2 Å². The number of rotatable bonds is 7. The standard InChI is InChI=1S/C24H24N2O7S/c1-31-24(28)19-9-5-6-10-21(19)34(29,30)26-13-11-18(12-14-26)23(27)32-16-22-25-15-20(33-22)17-7-3-2-4-8-17/h2-10,15,18H,11-14,16H2,1H3. The predicted molar refractivity (Wildman–Crippen MR) is 121 cm³/mol. The van der Waals surface area contributed by atoms with E-state index in [0.29, 0.717) is 18.6 Å². The summed E-state index contributed by atoms with van der Waals surface area (Å²) in [7, 11) is -2.72. The molecule has 4 rings (SSSR count). The minimum atomic E-state index is -3.92. The molecule has 1 aromatic heterocycles. The molecule has 1 fully saturated rings. The monoisotopic (exact) mass is 484 g/mol. The fourth-order valence-electron chi connectivity index (χ4n) is 3.80. The fraction of sp³-hybridized carbons (Fsp3) is 0.292. The Bertz CT molecular complexity index is 1260. The molecule has 178 valence electrons. The minimum Gasteiger partial charge on any atom is -0.465 e. The van der Waals surface area contributed by atoms with Crippen molar-refractivity contribution in [2.45, 2.75) is 24.3 Å². The van der Waals surface area contributed by atoms with Gasteiger partial charge in [-0.25, -0.2) is 18.2 Å². The molecule has 1 saturated heterocycles. The molecule has 0 amide bonds. The maximum absolute atomic E-state index is 13.1. The largest absolute Gasteiger partial charge is 0.465 e. The molecule has 34 heavy (non-hydrogen) atoms. The van der Waals surface area contributed by atoms with Crippen LogP contribution in [0.5, 0.6) is 0 Å². The van der Waals surface area contributed by atoms with Crippen LogP contribution in [0.3, 0.4) is 0 Å². The number of hydrogen-bond acceptors (Lipinski definition) is 8. The number of sulfonamides is 1. The lowest BCUT2D eigenvalue weighted by molar-refractivity contribution is -0.151. The third-order valence-electron chi connectivity index (χ3n) is 5.65. The smallest absolute Gasteiger partial charge is 0.339 e. The molecule has 0 saturated carbocycles. The number of carbonyl (C=O) groups excluding carboxylic acids is 2. The van der Waals surface area contributed by atoms with Crippen LogP contribution in [0, 0.1) is 5.92 Å². The Morgan fingerprint density at radius 1 is 1.06 bits per heavy atom. The molecule has 1 aliphatic heterocycles. The fourth-order valence-corrected chi connectivity index (χ4v) is 5.45. The van der Waals surface area contributed by atoms with Crippen molar-refractivity contribution in [1.82, 2.24) is 9.29 Å². The molecule has 0 atom stereocenters. The van der Waals surface area contributed by atoms with Crippen LogP contribution in [0.4, 0.5) is 0 Å². The summed E-state index contributed by atoms with van der Waals surface area (Å²) in [6.07, 6.45) is 2.19. The molecule has 0 aliphatic carbocycles. The maximum Gasteiger partial charge on any atom is 0.339 e. The molecular weight excluding hydrogens is 460 g/mol. The van der Waals surface area contributed by atoms with E-state index < -0.39 is 27.9 Å². The lowest BCUT2D eigenvalue weighted by Crippen LogP contribution is -2.41. The molecule has 1 aliphatic rings. The first-order valence-corrected chi connectivity index (χ1v) is 12.2. The van der Waals surface area contributed by atoms with E-state index in [1.54, 1.807) is 18.3 Å². The molecular formula is C24H24N2O7S. The van der Waals surface area contributed by atoms with Gasteiger partial charge in [0, 0.05) is 18.7 Å². The van der Waals surface area contributed by atoms with Crippen LogP contribution in [0.1, 0.15) is 29.1 Å². The van der Waals surface area contributed by atoms with Crippen LogP contribution in [0.25, 0.3) is 11.3 Å². The topological polar surface area (TPSA) is 116 Å². The van der Waals surface area contributed by atoms with E-state index in [1.165, 1.54) is 23.5 Å². The minimum absolute atomic E-state index is 0.0210. The number of oxazole rings is 1. The van der Waals surface area contributed by atoms with Gasteiger partial charge in [-0.05, 0) is 25.0 Å². The molecule has 0 bridgehead atoms. The van der Waals surface area contributed by atoms with Crippen molar-refractivity contribution in [3.8, 4) is 11.3 Å². The van der Waals surface area contributed by atoms with E-state index >= 15 is 0 Å². The van der Waals surface area contributed by atoms with Crippen LogP contribution < -0.4 is 0 Å². The molecule has 2 aromatic carbocycles. The van der Waals surface area contributed by atoms with Crippen LogP contribution in [-0.4, -0.2) is 49.8 Å². The summed E-state index contributed by atoms with van der Waals surface area (Å²) < 4.78 is 43.2. The molecule has 0 radical (unpaired) electrons. The van der Waals surface area contributed by atoms with E-state index in [-0.39, 0.29) is 36.0 Å². The predicted octanol–water partition coefficient (Wildman–Crippen LogP) is 3.27. The second kappa shape index (κ2) is 10.2. The lowest BCUT2D eigenvalue weighted by atomic mass is 9.98. The third-order valence-corrected chi connectivity index (χ3v) is 7.60.